The van der Waals surface area contributed by atoms with E-state index in [1.165, 1.54) is 42.4 Å². The Hall–Kier alpha value is -2.33. The predicted octanol–water partition coefficient (Wildman–Crippen LogP) is 5.22. The monoisotopic (exact) mass is 492 g/mol. The van der Waals surface area contributed by atoms with Crippen LogP contribution < -0.4 is 20.1 Å². The van der Waals surface area contributed by atoms with Crippen molar-refractivity contribution in [2.24, 2.45) is 11.8 Å². The maximum Gasteiger partial charge on any atom is 0.234 e. The first-order valence-corrected chi connectivity index (χ1v) is 13.1. The Kier molecular flexibility index (Phi) is 9.80. The number of benzene rings is 1. The summed E-state index contributed by atoms with van der Waals surface area (Å²) in [6, 6.07) is 5.20. The van der Waals surface area contributed by atoms with Gasteiger partial charge in [0, 0.05) is 12.0 Å². The highest BCUT2D eigenvalue weighted by atomic mass is 32.2. The molecule has 0 spiro atoms. The van der Waals surface area contributed by atoms with Crippen molar-refractivity contribution in [1.82, 2.24) is 10.2 Å². The first-order chi connectivity index (χ1) is 16.0. The SMILES string of the molecule is CCCCC1CCC(C(=O)Nc2nnc(SCC(=O)Nc3cc(OC)ccc3OC)s2)CC1. The normalized spacial score (nSPS) is 17.9. The Balaban J connectivity index is 1.44. The highest BCUT2D eigenvalue weighted by Crippen LogP contribution is 2.33. The van der Waals surface area contributed by atoms with E-state index in [-0.39, 0.29) is 23.5 Å². The fourth-order valence-electron chi connectivity index (χ4n) is 3.96. The molecule has 1 aliphatic rings. The predicted molar refractivity (Wildman–Crippen MR) is 132 cm³/mol. The molecule has 0 unspecified atom stereocenters. The summed E-state index contributed by atoms with van der Waals surface area (Å²) in [4.78, 5) is 25.0. The summed E-state index contributed by atoms with van der Waals surface area (Å²) in [6.45, 7) is 2.22. The van der Waals surface area contributed by atoms with E-state index in [4.69, 9.17) is 9.47 Å². The number of thioether (sulfide) groups is 1. The van der Waals surface area contributed by atoms with Crippen LogP contribution in [0.15, 0.2) is 22.5 Å². The van der Waals surface area contributed by atoms with Crippen molar-refractivity contribution in [2.45, 2.75) is 56.2 Å². The molecular formula is C23H32N4O4S2. The van der Waals surface area contributed by atoms with E-state index in [0.29, 0.717) is 26.7 Å². The number of rotatable bonds is 11. The summed E-state index contributed by atoms with van der Waals surface area (Å²) in [7, 11) is 3.11. The number of methoxy groups -OCH3 is 2. The number of anilines is 2. The van der Waals surface area contributed by atoms with E-state index in [0.717, 1.165) is 31.6 Å². The molecule has 1 fully saturated rings. The minimum atomic E-state index is -0.202. The lowest BCUT2D eigenvalue weighted by molar-refractivity contribution is -0.121. The lowest BCUT2D eigenvalue weighted by atomic mass is 9.79. The van der Waals surface area contributed by atoms with Crippen molar-refractivity contribution in [3.05, 3.63) is 18.2 Å². The summed E-state index contributed by atoms with van der Waals surface area (Å²) < 4.78 is 11.1. The molecule has 1 saturated carbocycles. The van der Waals surface area contributed by atoms with Crippen LogP contribution >= 0.6 is 23.1 Å². The zero-order chi connectivity index (χ0) is 23.6. The van der Waals surface area contributed by atoms with Gasteiger partial charge in [0.15, 0.2) is 4.34 Å². The van der Waals surface area contributed by atoms with Gasteiger partial charge in [-0.2, -0.15) is 0 Å². The summed E-state index contributed by atoms with van der Waals surface area (Å²) in [5.41, 5.74) is 0.539. The van der Waals surface area contributed by atoms with Crippen LogP contribution in [-0.2, 0) is 9.59 Å². The molecule has 33 heavy (non-hydrogen) atoms. The second-order valence-electron chi connectivity index (χ2n) is 8.13. The van der Waals surface area contributed by atoms with Crippen LogP contribution in [0.2, 0.25) is 0 Å². The Morgan fingerprint density at radius 2 is 1.91 bits per heavy atom. The fraction of sp³-hybridized carbons (Fsp3) is 0.565. The van der Waals surface area contributed by atoms with E-state index in [9.17, 15) is 9.59 Å². The third-order valence-corrected chi connectivity index (χ3v) is 7.80. The molecule has 8 nitrogen and oxygen atoms in total. The average molecular weight is 493 g/mol. The van der Waals surface area contributed by atoms with Gasteiger partial charge in [0.25, 0.3) is 0 Å². The molecule has 1 aliphatic carbocycles. The van der Waals surface area contributed by atoms with E-state index >= 15 is 0 Å². The fourth-order valence-corrected chi connectivity index (χ4v) is 5.51. The van der Waals surface area contributed by atoms with E-state index < -0.39 is 0 Å². The van der Waals surface area contributed by atoms with Crippen molar-refractivity contribution in [3.8, 4) is 11.5 Å². The molecule has 1 heterocycles. The number of amides is 2. The van der Waals surface area contributed by atoms with Crippen LogP contribution in [-0.4, -0.2) is 42.0 Å². The number of nitrogens with one attached hydrogen (secondary N) is 2. The van der Waals surface area contributed by atoms with Crippen molar-refractivity contribution in [1.29, 1.82) is 0 Å². The van der Waals surface area contributed by atoms with Crippen molar-refractivity contribution in [2.75, 3.05) is 30.6 Å². The van der Waals surface area contributed by atoms with E-state index in [2.05, 4.69) is 27.8 Å². The van der Waals surface area contributed by atoms with Gasteiger partial charge >= 0.3 is 0 Å². The van der Waals surface area contributed by atoms with Crippen LogP contribution in [0.4, 0.5) is 10.8 Å². The molecule has 0 bridgehead atoms. The Morgan fingerprint density at radius 3 is 2.61 bits per heavy atom. The van der Waals surface area contributed by atoms with Gasteiger partial charge in [0.05, 0.1) is 25.7 Å². The molecule has 10 heteroatoms. The highest BCUT2D eigenvalue weighted by Gasteiger charge is 2.26. The standard InChI is InChI=1S/C23H32N4O4S2/c1-4-5-6-15-7-9-16(10-8-15)21(29)25-22-26-27-23(33-22)32-14-20(28)24-18-13-17(30-2)11-12-19(18)31-3/h11-13,15-16H,4-10,14H2,1-3H3,(H,24,28)(H,25,26,29). The third-order valence-electron chi connectivity index (χ3n) is 5.83. The summed E-state index contributed by atoms with van der Waals surface area (Å²) >= 11 is 2.56. The number of hydrogen-bond acceptors (Lipinski definition) is 8. The first kappa shape index (κ1) is 25.3. The summed E-state index contributed by atoms with van der Waals surface area (Å²) in [5.74, 6) is 1.97. The maximum atomic E-state index is 12.6. The van der Waals surface area contributed by atoms with Crippen molar-refractivity contribution >= 4 is 45.7 Å². The summed E-state index contributed by atoms with van der Waals surface area (Å²) in [6.07, 6.45) is 7.92. The van der Waals surface area contributed by atoms with Crippen molar-refractivity contribution in [3.63, 3.8) is 0 Å². The van der Waals surface area contributed by atoms with Crippen LogP contribution in [0.1, 0.15) is 51.9 Å². The molecule has 3 rings (SSSR count). The average Bonchev–Trinajstić information content (AvgIpc) is 3.28. The molecule has 1 aromatic carbocycles. The van der Waals surface area contributed by atoms with Gasteiger partial charge in [-0.15, -0.1) is 10.2 Å². The molecule has 0 aliphatic heterocycles. The van der Waals surface area contributed by atoms with Crippen LogP contribution in [0.3, 0.4) is 0 Å². The molecule has 2 aromatic rings. The number of hydrogen-bond donors (Lipinski definition) is 2. The number of ether oxygens (including phenoxy) is 2. The minimum Gasteiger partial charge on any atom is -0.497 e. The number of carbonyl (C=O) groups excluding carboxylic acids is 2. The van der Waals surface area contributed by atoms with Gasteiger partial charge in [-0.3, -0.25) is 9.59 Å². The van der Waals surface area contributed by atoms with Gasteiger partial charge in [-0.05, 0) is 43.7 Å². The molecule has 0 saturated heterocycles. The number of aromatic nitrogens is 2. The molecule has 1 aromatic heterocycles. The Labute approximate surface area is 203 Å². The molecular weight excluding hydrogens is 460 g/mol. The smallest absolute Gasteiger partial charge is 0.234 e. The van der Waals surface area contributed by atoms with Crippen LogP contribution in [0.25, 0.3) is 0 Å². The zero-order valence-electron chi connectivity index (χ0n) is 19.4. The van der Waals surface area contributed by atoms with Gasteiger partial charge in [-0.25, -0.2) is 0 Å². The molecule has 2 N–H and O–H groups in total. The van der Waals surface area contributed by atoms with Crippen LogP contribution in [0, 0.1) is 11.8 Å². The Morgan fingerprint density at radius 1 is 1.12 bits per heavy atom. The Bertz CT molecular complexity index is 929. The molecule has 0 radical (unpaired) electrons. The quantitative estimate of drug-likeness (QED) is 0.327. The maximum absolute atomic E-state index is 12.6. The number of carbonyl (C=O) groups is 2. The van der Waals surface area contributed by atoms with Crippen LogP contribution in [0.5, 0.6) is 11.5 Å². The van der Waals surface area contributed by atoms with Gasteiger partial charge in [-0.1, -0.05) is 49.3 Å². The molecule has 2 amide bonds. The lowest BCUT2D eigenvalue weighted by Gasteiger charge is -2.27. The number of unbranched alkanes of at least 4 members (excludes halogenated alkanes) is 1. The molecule has 180 valence electrons. The largest absolute Gasteiger partial charge is 0.497 e. The second-order valence-corrected chi connectivity index (χ2v) is 10.3. The first-order valence-electron chi connectivity index (χ1n) is 11.3. The van der Waals surface area contributed by atoms with Crippen molar-refractivity contribution < 1.29 is 19.1 Å². The second kappa shape index (κ2) is 12.8. The number of nitrogens with zero attached hydrogens (tertiary/aromatic N) is 2. The summed E-state index contributed by atoms with van der Waals surface area (Å²) in [5, 5.41) is 14.4. The zero-order valence-corrected chi connectivity index (χ0v) is 21.0. The highest BCUT2D eigenvalue weighted by molar-refractivity contribution is 8.01. The van der Waals surface area contributed by atoms with Gasteiger partial charge < -0.3 is 20.1 Å². The molecule has 0 atom stereocenters. The van der Waals surface area contributed by atoms with Gasteiger partial charge in [0.1, 0.15) is 11.5 Å². The lowest BCUT2D eigenvalue weighted by Crippen LogP contribution is -2.27. The minimum absolute atomic E-state index is 0.0273. The topological polar surface area (TPSA) is 102 Å². The third kappa shape index (κ3) is 7.60. The van der Waals surface area contributed by atoms with E-state index in [1.807, 2.05) is 0 Å². The van der Waals surface area contributed by atoms with E-state index in [1.54, 1.807) is 32.4 Å². The van der Waals surface area contributed by atoms with Gasteiger partial charge in [0.2, 0.25) is 16.9 Å².